The van der Waals surface area contributed by atoms with Crippen LogP contribution in [0.3, 0.4) is 0 Å². The lowest BCUT2D eigenvalue weighted by Crippen LogP contribution is -2.45. The quantitative estimate of drug-likeness (QED) is 0.696. The summed E-state index contributed by atoms with van der Waals surface area (Å²) in [5, 5.41) is 3.49. The molecule has 0 aromatic heterocycles. The maximum absolute atomic E-state index is 12.8. The largest absolute Gasteiger partial charge is 0.356 e. The first-order chi connectivity index (χ1) is 13.0. The number of amides is 1. The number of piperidine rings is 1. The van der Waals surface area contributed by atoms with Gasteiger partial charge >= 0.3 is 0 Å². The molecule has 1 N–H and O–H groups in total. The van der Waals surface area contributed by atoms with Gasteiger partial charge < -0.3 is 10.2 Å². The Bertz CT molecular complexity index is 733. The number of nitrogens with one attached hydrogen (secondary N) is 1. The molecule has 0 saturated carbocycles. The van der Waals surface area contributed by atoms with E-state index in [1.54, 1.807) is 12.1 Å². The zero-order chi connectivity index (χ0) is 19.3. The number of nitrogens with zero attached hydrogens (tertiary/aromatic N) is 2. The molecule has 1 aromatic rings. The molecule has 0 aliphatic carbocycles. The molecule has 2 aliphatic heterocycles. The van der Waals surface area contributed by atoms with Crippen molar-refractivity contribution < 1.29 is 13.2 Å². The number of rotatable bonds is 7. The van der Waals surface area contributed by atoms with Crippen molar-refractivity contribution in [2.45, 2.75) is 37.0 Å². The zero-order valence-corrected chi connectivity index (χ0v) is 17.1. The normalized spacial score (nSPS) is 22.0. The first-order valence-electron chi connectivity index (χ1n) is 9.72. The molecule has 6 nitrogen and oxygen atoms in total. The summed E-state index contributed by atoms with van der Waals surface area (Å²) in [5.74, 6) is -0.319. The Kier molecular flexibility index (Phi) is 7.14. The molecule has 0 unspecified atom stereocenters. The topological polar surface area (TPSA) is 69.7 Å². The Morgan fingerprint density at radius 1 is 1.11 bits per heavy atom. The molecule has 2 heterocycles. The number of sulfonamides is 1. The summed E-state index contributed by atoms with van der Waals surface area (Å²) < 4.78 is 27.1. The van der Waals surface area contributed by atoms with Crippen molar-refractivity contribution in [3.63, 3.8) is 0 Å². The molecule has 1 atom stereocenters. The summed E-state index contributed by atoms with van der Waals surface area (Å²) in [6, 6.07) is 6.17. The summed E-state index contributed by atoms with van der Waals surface area (Å²) in [5.41, 5.74) is 0. The van der Waals surface area contributed by atoms with Gasteiger partial charge in [0.2, 0.25) is 15.9 Å². The van der Waals surface area contributed by atoms with Crippen LogP contribution in [0, 0.1) is 5.92 Å². The highest BCUT2D eigenvalue weighted by Gasteiger charge is 2.33. The first-order valence-corrected chi connectivity index (χ1v) is 11.5. The van der Waals surface area contributed by atoms with E-state index in [9.17, 15) is 13.2 Å². The molecule has 1 amide bonds. The van der Waals surface area contributed by atoms with Gasteiger partial charge in [0.15, 0.2) is 0 Å². The third kappa shape index (κ3) is 5.44. The minimum Gasteiger partial charge on any atom is -0.356 e. The maximum Gasteiger partial charge on any atom is 0.243 e. The minimum absolute atomic E-state index is 0.0348. The summed E-state index contributed by atoms with van der Waals surface area (Å²) in [7, 11) is -3.59. The molecule has 1 aromatic carbocycles. The monoisotopic (exact) mass is 413 g/mol. The molecular weight excluding hydrogens is 386 g/mol. The van der Waals surface area contributed by atoms with Crippen LogP contribution in [-0.4, -0.2) is 62.8 Å². The van der Waals surface area contributed by atoms with Crippen molar-refractivity contribution in [3.05, 3.63) is 29.3 Å². The van der Waals surface area contributed by atoms with E-state index in [1.807, 2.05) is 0 Å². The van der Waals surface area contributed by atoms with E-state index in [0.717, 1.165) is 32.5 Å². The van der Waals surface area contributed by atoms with Crippen LogP contribution in [0.5, 0.6) is 0 Å². The van der Waals surface area contributed by atoms with Crippen LogP contribution in [0.15, 0.2) is 29.2 Å². The lowest BCUT2D eigenvalue weighted by molar-refractivity contribution is -0.126. The van der Waals surface area contributed by atoms with Crippen molar-refractivity contribution in [3.8, 4) is 0 Å². The fourth-order valence-corrected chi connectivity index (χ4v) is 5.44. The standard InChI is InChI=1S/C19H28ClN3O3S/c20-17-6-8-18(9-7-17)27(25,26)23-14-3-5-16(15-23)19(24)21-10-4-13-22-11-1-2-12-22/h6-9,16H,1-5,10-15H2,(H,21,24)/t16-/m1/s1. The molecule has 2 fully saturated rings. The molecule has 27 heavy (non-hydrogen) atoms. The number of hydrogen-bond donors (Lipinski definition) is 1. The van der Waals surface area contributed by atoms with E-state index in [-0.39, 0.29) is 23.3 Å². The van der Waals surface area contributed by atoms with Crippen LogP contribution >= 0.6 is 11.6 Å². The second-order valence-corrected chi connectivity index (χ2v) is 9.72. The summed E-state index contributed by atoms with van der Waals surface area (Å²) in [6.45, 7) is 4.67. The van der Waals surface area contributed by atoms with E-state index in [0.29, 0.717) is 24.5 Å². The van der Waals surface area contributed by atoms with Gasteiger partial charge in [-0.2, -0.15) is 4.31 Å². The van der Waals surface area contributed by atoms with E-state index in [2.05, 4.69) is 10.2 Å². The SMILES string of the molecule is O=C(NCCCN1CCCC1)[C@@H]1CCCN(S(=O)(=O)c2ccc(Cl)cc2)C1. The number of benzene rings is 1. The molecular formula is C19H28ClN3O3S. The molecule has 3 rings (SSSR count). The smallest absolute Gasteiger partial charge is 0.243 e. The number of carbonyl (C=O) groups excluding carboxylic acids is 1. The fourth-order valence-electron chi connectivity index (χ4n) is 3.80. The summed E-state index contributed by atoms with van der Waals surface area (Å²) in [6.07, 6.45) is 4.90. The summed E-state index contributed by atoms with van der Waals surface area (Å²) in [4.78, 5) is 15.1. The van der Waals surface area contributed by atoms with Crippen LogP contribution in [0.4, 0.5) is 0 Å². The number of halogens is 1. The Labute approximate surface area is 166 Å². The Hall–Kier alpha value is -1.15. The van der Waals surface area contributed by atoms with Gasteiger partial charge in [-0.3, -0.25) is 4.79 Å². The van der Waals surface area contributed by atoms with Gasteiger partial charge in [0.05, 0.1) is 10.8 Å². The van der Waals surface area contributed by atoms with Crippen LogP contribution in [0.25, 0.3) is 0 Å². The van der Waals surface area contributed by atoms with Gasteiger partial charge in [0.25, 0.3) is 0 Å². The lowest BCUT2D eigenvalue weighted by Gasteiger charge is -2.31. The average molecular weight is 414 g/mol. The number of carbonyl (C=O) groups is 1. The van der Waals surface area contributed by atoms with Crippen molar-refractivity contribution >= 4 is 27.5 Å². The van der Waals surface area contributed by atoms with Gasteiger partial charge in [-0.15, -0.1) is 0 Å². The molecule has 0 bridgehead atoms. The van der Waals surface area contributed by atoms with Gasteiger partial charge in [0.1, 0.15) is 0 Å². The van der Waals surface area contributed by atoms with Gasteiger partial charge in [-0.05, 0) is 76.0 Å². The predicted molar refractivity (Wildman–Crippen MR) is 106 cm³/mol. The van der Waals surface area contributed by atoms with E-state index < -0.39 is 10.0 Å². The van der Waals surface area contributed by atoms with Crippen LogP contribution in [0.1, 0.15) is 32.1 Å². The Morgan fingerprint density at radius 3 is 2.52 bits per heavy atom. The Balaban J connectivity index is 1.50. The highest BCUT2D eigenvalue weighted by molar-refractivity contribution is 7.89. The maximum atomic E-state index is 12.8. The third-order valence-electron chi connectivity index (χ3n) is 5.36. The first kappa shape index (κ1) is 20.6. The summed E-state index contributed by atoms with van der Waals surface area (Å²) >= 11 is 5.85. The molecule has 150 valence electrons. The van der Waals surface area contributed by atoms with Gasteiger partial charge in [-0.25, -0.2) is 8.42 Å². The average Bonchev–Trinajstić information content (AvgIpc) is 3.19. The zero-order valence-electron chi connectivity index (χ0n) is 15.6. The van der Waals surface area contributed by atoms with E-state index in [4.69, 9.17) is 11.6 Å². The second kappa shape index (κ2) is 9.37. The minimum atomic E-state index is -3.59. The van der Waals surface area contributed by atoms with Crippen molar-refractivity contribution in [2.24, 2.45) is 5.92 Å². The van der Waals surface area contributed by atoms with Gasteiger partial charge in [0, 0.05) is 24.7 Å². The molecule has 0 spiro atoms. The van der Waals surface area contributed by atoms with Crippen LogP contribution in [0.2, 0.25) is 5.02 Å². The van der Waals surface area contributed by atoms with E-state index in [1.165, 1.54) is 29.3 Å². The van der Waals surface area contributed by atoms with Crippen LogP contribution in [-0.2, 0) is 14.8 Å². The molecule has 8 heteroatoms. The Morgan fingerprint density at radius 2 is 1.81 bits per heavy atom. The fraction of sp³-hybridized carbons (Fsp3) is 0.632. The lowest BCUT2D eigenvalue weighted by atomic mass is 9.99. The second-order valence-electron chi connectivity index (χ2n) is 7.35. The molecule has 2 aliphatic rings. The predicted octanol–water partition coefficient (Wildman–Crippen LogP) is 2.34. The number of hydrogen-bond acceptors (Lipinski definition) is 4. The highest BCUT2D eigenvalue weighted by atomic mass is 35.5. The van der Waals surface area contributed by atoms with Crippen molar-refractivity contribution in [2.75, 3.05) is 39.3 Å². The third-order valence-corrected chi connectivity index (χ3v) is 7.49. The van der Waals surface area contributed by atoms with Crippen molar-refractivity contribution in [1.29, 1.82) is 0 Å². The molecule has 2 saturated heterocycles. The highest BCUT2D eigenvalue weighted by Crippen LogP contribution is 2.24. The number of likely N-dealkylation sites (tertiary alicyclic amines) is 1. The van der Waals surface area contributed by atoms with Crippen LogP contribution < -0.4 is 5.32 Å². The molecule has 0 radical (unpaired) electrons. The van der Waals surface area contributed by atoms with Gasteiger partial charge in [-0.1, -0.05) is 11.6 Å². The van der Waals surface area contributed by atoms with Crippen molar-refractivity contribution in [1.82, 2.24) is 14.5 Å². The van der Waals surface area contributed by atoms with E-state index >= 15 is 0 Å².